The molecule has 116 valence electrons. The van der Waals surface area contributed by atoms with Gasteiger partial charge in [-0.25, -0.2) is 4.79 Å². The van der Waals surface area contributed by atoms with Gasteiger partial charge in [0, 0.05) is 30.0 Å². The summed E-state index contributed by atoms with van der Waals surface area (Å²) in [7, 11) is 0. The molecule has 0 amide bonds. The van der Waals surface area contributed by atoms with Gasteiger partial charge >= 0.3 is 11.9 Å². The van der Waals surface area contributed by atoms with Gasteiger partial charge in [-0.3, -0.25) is 4.79 Å². The maximum absolute atomic E-state index is 11.6. The van der Waals surface area contributed by atoms with E-state index in [9.17, 15) is 9.59 Å². The van der Waals surface area contributed by atoms with Crippen molar-refractivity contribution in [1.29, 1.82) is 0 Å². The molecule has 1 unspecified atom stereocenters. The van der Waals surface area contributed by atoms with Crippen LogP contribution in [0.3, 0.4) is 0 Å². The molecular weight excluding hydrogens is 278 g/mol. The van der Waals surface area contributed by atoms with Crippen LogP contribution >= 0.6 is 11.8 Å². The van der Waals surface area contributed by atoms with Crippen molar-refractivity contribution in [2.24, 2.45) is 5.73 Å². The Kier molecular flexibility index (Phi) is 11.2. The van der Waals surface area contributed by atoms with Gasteiger partial charge in [0.25, 0.3) is 0 Å². The summed E-state index contributed by atoms with van der Waals surface area (Å²) >= 11 is 1.57. The third kappa shape index (κ3) is 9.86. The molecule has 0 aromatic rings. The largest absolute Gasteiger partial charge is 0.458 e. The monoisotopic (exact) mass is 303 g/mol. The third-order valence-electron chi connectivity index (χ3n) is 2.35. The molecule has 2 N–H and O–H groups in total. The van der Waals surface area contributed by atoms with E-state index in [1.807, 2.05) is 6.92 Å². The zero-order chi connectivity index (χ0) is 15.4. The number of ether oxygens (including phenoxy) is 2. The molecule has 0 bridgehead atoms. The van der Waals surface area contributed by atoms with E-state index < -0.39 is 12.1 Å². The Balaban J connectivity index is 4.21. The standard InChI is InChI=1S/C14H25NO4S/c1-4-5-6-13(16)19-12(10-20-8-7-15)9-18-14(17)11(2)3/h12H,2,4-10,15H2,1,3H3. The van der Waals surface area contributed by atoms with E-state index in [0.29, 0.717) is 24.3 Å². The zero-order valence-corrected chi connectivity index (χ0v) is 13.2. The molecule has 20 heavy (non-hydrogen) atoms. The number of hydrogen-bond donors (Lipinski definition) is 1. The Labute approximate surface area is 125 Å². The van der Waals surface area contributed by atoms with E-state index in [2.05, 4.69) is 6.58 Å². The van der Waals surface area contributed by atoms with Crippen LogP contribution in [-0.4, -0.2) is 42.7 Å². The minimum atomic E-state index is -0.469. The van der Waals surface area contributed by atoms with Crippen molar-refractivity contribution in [3.63, 3.8) is 0 Å². The molecule has 0 rings (SSSR count). The van der Waals surface area contributed by atoms with Crippen LogP contribution in [0.25, 0.3) is 0 Å². The first kappa shape index (κ1) is 19.0. The van der Waals surface area contributed by atoms with E-state index in [-0.39, 0.29) is 12.6 Å². The van der Waals surface area contributed by atoms with Gasteiger partial charge in [0.1, 0.15) is 12.7 Å². The van der Waals surface area contributed by atoms with Crippen LogP contribution in [0.5, 0.6) is 0 Å². The lowest BCUT2D eigenvalue weighted by atomic mass is 10.2. The Morgan fingerprint density at radius 1 is 1.40 bits per heavy atom. The number of unbranched alkanes of at least 4 members (excludes halogenated alkanes) is 1. The average molecular weight is 303 g/mol. The van der Waals surface area contributed by atoms with Gasteiger partial charge in [-0.15, -0.1) is 0 Å². The van der Waals surface area contributed by atoms with Crippen molar-refractivity contribution in [3.05, 3.63) is 12.2 Å². The van der Waals surface area contributed by atoms with Crippen LogP contribution in [0.4, 0.5) is 0 Å². The molecule has 1 atom stereocenters. The first-order valence-electron chi connectivity index (χ1n) is 6.81. The lowest BCUT2D eigenvalue weighted by Crippen LogP contribution is -2.28. The number of hydrogen-bond acceptors (Lipinski definition) is 6. The molecule has 0 aromatic carbocycles. The smallest absolute Gasteiger partial charge is 0.333 e. The fourth-order valence-corrected chi connectivity index (χ4v) is 2.03. The Bertz CT molecular complexity index is 320. The second-order valence-corrected chi connectivity index (χ2v) is 5.61. The highest BCUT2D eigenvalue weighted by Gasteiger charge is 2.17. The van der Waals surface area contributed by atoms with Crippen LogP contribution in [0, 0.1) is 0 Å². The van der Waals surface area contributed by atoms with E-state index >= 15 is 0 Å². The van der Waals surface area contributed by atoms with Crippen molar-refractivity contribution in [1.82, 2.24) is 0 Å². The Hall–Kier alpha value is -1.01. The summed E-state index contributed by atoms with van der Waals surface area (Å²) in [5.74, 6) is 0.621. The van der Waals surface area contributed by atoms with Gasteiger partial charge in [-0.2, -0.15) is 11.8 Å². The second-order valence-electron chi connectivity index (χ2n) is 4.46. The normalized spacial score (nSPS) is 11.8. The molecule has 0 radical (unpaired) electrons. The third-order valence-corrected chi connectivity index (χ3v) is 3.48. The first-order valence-corrected chi connectivity index (χ1v) is 7.96. The van der Waals surface area contributed by atoms with Gasteiger partial charge in [0.15, 0.2) is 0 Å². The first-order chi connectivity index (χ1) is 9.51. The molecular formula is C14H25NO4S. The van der Waals surface area contributed by atoms with Gasteiger partial charge in [0.05, 0.1) is 0 Å². The van der Waals surface area contributed by atoms with E-state index in [4.69, 9.17) is 15.2 Å². The van der Waals surface area contributed by atoms with Crippen molar-refractivity contribution >= 4 is 23.7 Å². The summed E-state index contributed by atoms with van der Waals surface area (Å²) in [4.78, 5) is 23.0. The summed E-state index contributed by atoms with van der Waals surface area (Å²) in [5, 5.41) is 0. The van der Waals surface area contributed by atoms with E-state index in [1.54, 1.807) is 18.7 Å². The molecule has 0 aliphatic rings. The topological polar surface area (TPSA) is 78.6 Å². The number of carbonyl (C=O) groups excluding carboxylic acids is 2. The highest BCUT2D eigenvalue weighted by atomic mass is 32.2. The number of rotatable bonds is 11. The fraction of sp³-hybridized carbons (Fsp3) is 0.714. The van der Waals surface area contributed by atoms with Crippen LogP contribution in [-0.2, 0) is 19.1 Å². The summed E-state index contributed by atoms with van der Waals surface area (Å²) < 4.78 is 10.4. The predicted octanol–water partition coefficient (Wildman–Crippen LogP) is 1.90. The van der Waals surface area contributed by atoms with E-state index in [1.165, 1.54) is 0 Å². The van der Waals surface area contributed by atoms with Gasteiger partial charge in [-0.05, 0) is 13.3 Å². The van der Waals surface area contributed by atoms with Gasteiger partial charge in [-0.1, -0.05) is 19.9 Å². The lowest BCUT2D eigenvalue weighted by molar-refractivity contribution is -0.155. The predicted molar refractivity (Wildman–Crippen MR) is 81.6 cm³/mol. The molecule has 0 spiro atoms. The highest BCUT2D eigenvalue weighted by Crippen LogP contribution is 2.09. The Morgan fingerprint density at radius 2 is 2.10 bits per heavy atom. The molecule has 0 heterocycles. The summed E-state index contributed by atoms with van der Waals surface area (Å²) in [6, 6.07) is 0. The molecule has 0 aliphatic carbocycles. The van der Waals surface area contributed by atoms with Gasteiger partial charge < -0.3 is 15.2 Å². The van der Waals surface area contributed by atoms with Crippen LogP contribution in [0.1, 0.15) is 33.1 Å². The molecule has 0 saturated carbocycles. The van der Waals surface area contributed by atoms with Crippen molar-refractivity contribution in [3.8, 4) is 0 Å². The molecule has 0 saturated heterocycles. The summed E-state index contributed by atoms with van der Waals surface area (Å²) in [6.07, 6.45) is 1.70. The average Bonchev–Trinajstić information content (AvgIpc) is 2.41. The number of thioether (sulfide) groups is 1. The molecule has 6 heteroatoms. The Morgan fingerprint density at radius 3 is 2.65 bits per heavy atom. The zero-order valence-electron chi connectivity index (χ0n) is 12.4. The second kappa shape index (κ2) is 11.8. The van der Waals surface area contributed by atoms with Crippen LogP contribution in [0.15, 0.2) is 12.2 Å². The fourth-order valence-electron chi connectivity index (χ4n) is 1.27. The van der Waals surface area contributed by atoms with Crippen LogP contribution in [0.2, 0.25) is 0 Å². The van der Waals surface area contributed by atoms with Crippen LogP contribution < -0.4 is 5.73 Å². The highest BCUT2D eigenvalue weighted by molar-refractivity contribution is 7.99. The number of carbonyl (C=O) groups is 2. The van der Waals surface area contributed by atoms with Crippen molar-refractivity contribution in [2.75, 3.05) is 24.7 Å². The quantitative estimate of drug-likeness (QED) is 0.357. The molecule has 0 aromatic heterocycles. The molecule has 0 aliphatic heterocycles. The number of nitrogens with two attached hydrogens (primary N) is 1. The number of esters is 2. The maximum atomic E-state index is 11.6. The molecule has 0 fully saturated rings. The van der Waals surface area contributed by atoms with E-state index in [0.717, 1.165) is 18.6 Å². The van der Waals surface area contributed by atoms with Crippen molar-refractivity contribution in [2.45, 2.75) is 39.2 Å². The minimum absolute atomic E-state index is 0.0567. The summed E-state index contributed by atoms with van der Waals surface area (Å²) in [5.41, 5.74) is 5.75. The summed E-state index contributed by atoms with van der Waals surface area (Å²) in [6.45, 7) is 7.71. The van der Waals surface area contributed by atoms with Crippen molar-refractivity contribution < 1.29 is 19.1 Å². The SMILES string of the molecule is C=C(C)C(=O)OCC(CSCCN)OC(=O)CCCC. The lowest BCUT2D eigenvalue weighted by Gasteiger charge is -2.17. The molecule has 5 nitrogen and oxygen atoms in total. The maximum Gasteiger partial charge on any atom is 0.333 e. The van der Waals surface area contributed by atoms with Gasteiger partial charge in [0.2, 0.25) is 0 Å². The minimum Gasteiger partial charge on any atom is -0.458 e.